The molecule has 2 heteroatoms. The molecule has 0 radical (unpaired) electrons. The smallest absolute Gasteiger partial charge is 0.106 e. The van der Waals surface area contributed by atoms with Gasteiger partial charge in [-0.3, -0.25) is 4.90 Å². The largest absolute Gasteiger partial charge is 0.370 e. The summed E-state index contributed by atoms with van der Waals surface area (Å²) >= 11 is 0. The predicted octanol–water partition coefficient (Wildman–Crippen LogP) is 3.65. The van der Waals surface area contributed by atoms with Gasteiger partial charge in [0, 0.05) is 30.9 Å². The van der Waals surface area contributed by atoms with Crippen molar-refractivity contribution in [3.05, 3.63) is 95.8 Å². The summed E-state index contributed by atoms with van der Waals surface area (Å²) in [5, 5.41) is 0. The minimum absolute atomic E-state index is 0.920. The average molecular weight is 317 g/mol. The Balaban J connectivity index is 1.62. The second-order valence-electron chi connectivity index (χ2n) is 6.17. The molecule has 1 aliphatic heterocycles. The molecule has 0 spiro atoms. The van der Waals surface area contributed by atoms with E-state index in [1.165, 1.54) is 27.3 Å². The van der Waals surface area contributed by atoms with Gasteiger partial charge in [-0.25, -0.2) is 0 Å². The fraction of sp³-hybridized carbons (Fsp3) is 0.182. The van der Waals surface area contributed by atoms with Crippen LogP contribution in [-0.2, 0) is 6.54 Å². The minimum atomic E-state index is 0.920. The predicted molar refractivity (Wildman–Crippen MR) is 103 cm³/mol. The van der Waals surface area contributed by atoms with Gasteiger partial charge in [0.25, 0.3) is 0 Å². The van der Waals surface area contributed by atoms with E-state index in [1.807, 2.05) is 0 Å². The molecule has 0 aromatic heterocycles. The highest BCUT2D eigenvalue weighted by atomic mass is 15.1. The number of benzene rings is 2. The van der Waals surface area contributed by atoms with E-state index in [1.54, 1.807) is 0 Å². The molecule has 24 heavy (non-hydrogen) atoms. The number of rotatable bonds is 6. The lowest BCUT2D eigenvalue weighted by Crippen LogP contribution is -3.01. The molecule has 2 nitrogen and oxygen atoms in total. The van der Waals surface area contributed by atoms with E-state index in [0.29, 0.717) is 0 Å². The van der Waals surface area contributed by atoms with E-state index in [2.05, 4.69) is 104 Å². The van der Waals surface area contributed by atoms with Crippen LogP contribution in [0.25, 0.3) is 6.08 Å². The molecule has 1 atom stereocenters. The maximum absolute atomic E-state index is 2.27. The molecular weight excluding hydrogens is 292 g/mol. The highest BCUT2D eigenvalue weighted by Crippen LogP contribution is 2.17. The molecule has 0 saturated carbocycles. The minimum Gasteiger partial charge on any atom is -0.370 e. The van der Waals surface area contributed by atoms with Crippen molar-refractivity contribution in [2.24, 2.45) is 0 Å². The van der Waals surface area contributed by atoms with Gasteiger partial charge in [0.15, 0.2) is 0 Å². The Morgan fingerprint density at radius 2 is 1.71 bits per heavy atom. The van der Waals surface area contributed by atoms with Gasteiger partial charge < -0.3 is 4.90 Å². The summed E-state index contributed by atoms with van der Waals surface area (Å²) < 4.78 is 0. The Hall–Kier alpha value is -2.58. The molecule has 1 aliphatic rings. The Morgan fingerprint density at radius 3 is 2.38 bits per heavy atom. The van der Waals surface area contributed by atoms with Crippen LogP contribution in [0.4, 0.5) is 5.69 Å². The summed E-state index contributed by atoms with van der Waals surface area (Å²) in [5.74, 6) is 0. The molecule has 1 unspecified atom stereocenters. The lowest BCUT2D eigenvalue weighted by molar-refractivity contribution is -0.785. The molecule has 0 amide bonds. The number of quaternary nitrogens is 1. The van der Waals surface area contributed by atoms with Crippen molar-refractivity contribution in [1.29, 1.82) is 0 Å². The molecule has 2 aromatic rings. The van der Waals surface area contributed by atoms with Crippen LogP contribution < -0.4 is 9.80 Å². The first kappa shape index (κ1) is 16.3. The van der Waals surface area contributed by atoms with E-state index >= 15 is 0 Å². The van der Waals surface area contributed by atoms with Crippen LogP contribution in [0, 0.1) is 0 Å². The first-order valence-corrected chi connectivity index (χ1v) is 8.53. The fourth-order valence-corrected chi connectivity index (χ4v) is 2.82. The quantitative estimate of drug-likeness (QED) is 0.854. The van der Waals surface area contributed by atoms with Crippen LogP contribution in [0.15, 0.2) is 84.7 Å². The molecule has 0 aliphatic carbocycles. The molecule has 2 aromatic carbocycles. The van der Waals surface area contributed by atoms with Gasteiger partial charge in [-0.2, -0.15) is 0 Å². The van der Waals surface area contributed by atoms with Crippen LogP contribution in [0.5, 0.6) is 0 Å². The van der Waals surface area contributed by atoms with Crippen molar-refractivity contribution in [3.8, 4) is 0 Å². The van der Waals surface area contributed by atoms with Crippen LogP contribution >= 0.6 is 0 Å². The van der Waals surface area contributed by atoms with Crippen LogP contribution in [0.3, 0.4) is 0 Å². The van der Waals surface area contributed by atoms with E-state index in [-0.39, 0.29) is 0 Å². The summed E-state index contributed by atoms with van der Waals surface area (Å²) in [5.41, 5.74) is 5.06. The number of nitrogens with one attached hydrogen (secondary N) is 1. The lowest BCUT2D eigenvalue weighted by Gasteiger charge is -2.19. The zero-order chi connectivity index (χ0) is 16.8. The monoisotopic (exact) mass is 317 g/mol. The maximum atomic E-state index is 2.27. The highest BCUT2D eigenvalue weighted by Gasteiger charge is 2.06. The Bertz CT molecular complexity index is 739. The first-order valence-electron chi connectivity index (χ1n) is 8.53. The van der Waals surface area contributed by atoms with Crippen LogP contribution in [-0.4, -0.2) is 13.6 Å². The SMILES string of the molecule is CC[NH+]1C=CC(/C=C/c2ccc(N(C)Cc3ccccc3)cc2)=C1. The van der Waals surface area contributed by atoms with Crippen molar-refractivity contribution < 1.29 is 4.90 Å². The third kappa shape index (κ3) is 4.24. The number of hydrogen-bond acceptors (Lipinski definition) is 1. The van der Waals surface area contributed by atoms with Gasteiger partial charge in [0.1, 0.15) is 6.20 Å². The molecule has 3 rings (SSSR count). The van der Waals surface area contributed by atoms with Crippen molar-refractivity contribution in [1.82, 2.24) is 0 Å². The Morgan fingerprint density at radius 1 is 0.958 bits per heavy atom. The Kier molecular flexibility index (Phi) is 5.29. The van der Waals surface area contributed by atoms with E-state index in [9.17, 15) is 0 Å². The van der Waals surface area contributed by atoms with Crippen LogP contribution in [0.1, 0.15) is 18.1 Å². The third-order valence-corrected chi connectivity index (χ3v) is 4.31. The lowest BCUT2D eigenvalue weighted by atomic mass is 10.1. The van der Waals surface area contributed by atoms with Gasteiger partial charge in [-0.1, -0.05) is 48.5 Å². The molecule has 0 saturated heterocycles. The summed E-state index contributed by atoms with van der Waals surface area (Å²) in [7, 11) is 2.13. The summed E-state index contributed by atoms with van der Waals surface area (Å²) in [4.78, 5) is 3.67. The molecule has 0 fully saturated rings. The first-order chi connectivity index (χ1) is 11.7. The molecule has 122 valence electrons. The normalized spacial score (nSPS) is 16.6. The Labute approximate surface area is 145 Å². The number of anilines is 1. The maximum Gasteiger partial charge on any atom is 0.106 e. The highest BCUT2D eigenvalue weighted by molar-refractivity contribution is 5.58. The number of nitrogens with zero attached hydrogens (tertiary/aromatic N) is 1. The molecule has 0 bridgehead atoms. The fourth-order valence-electron chi connectivity index (χ4n) is 2.82. The van der Waals surface area contributed by atoms with Gasteiger partial charge >= 0.3 is 0 Å². The van der Waals surface area contributed by atoms with Crippen molar-refractivity contribution in [2.75, 3.05) is 18.5 Å². The summed E-state index contributed by atoms with van der Waals surface area (Å²) in [6, 6.07) is 19.3. The van der Waals surface area contributed by atoms with Crippen molar-refractivity contribution in [2.45, 2.75) is 13.5 Å². The number of hydrogen-bond donors (Lipinski definition) is 1. The average Bonchev–Trinajstić information content (AvgIpc) is 3.09. The standard InChI is InChI=1S/C22H24N2/c1-3-24-16-15-21(18-24)10-9-19-11-13-22(14-12-19)23(2)17-20-7-5-4-6-8-20/h4-16,18H,3,17H2,1-2H3/p+1/b10-9+. The second kappa shape index (κ2) is 7.80. The molecular formula is C22H25N2+. The zero-order valence-corrected chi connectivity index (χ0v) is 14.4. The molecule has 1 N–H and O–H groups in total. The zero-order valence-electron chi connectivity index (χ0n) is 14.4. The van der Waals surface area contributed by atoms with Gasteiger partial charge in [-0.05, 0) is 36.3 Å². The summed E-state index contributed by atoms with van der Waals surface area (Å²) in [6.45, 7) is 4.20. The van der Waals surface area contributed by atoms with E-state index in [4.69, 9.17) is 0 Å². The van der Waals surface area contributed by atoms with Crippen molar-refractivity contribution >= 4 is 11.8 Å². The topological polar surface area (TPSA) is 7.68 Å². The van der Waals surface area contributed by atoms with Gasteiger partial charge in [-0.15, -0.1) is 0 Å². The molecule has 1 heterocycles. The summed E-state index contributed by atoms with van der Waals surface area (Å²) in [6.07, 6.45) is 11.0. The van der Waals surface area contributed by atoms with E-state index < -0.39 is 0 Å². The van der Waals surface area contributed by atoms with Gasteiger partial charge in [0.05, 0.1) is 12.7 Å². The van der Waals surface area contributed by atoms with E-state index in [0.717, 1.165) is 13.1 Å². The third-order valence-electron chi connectivity index (χ3n) is 4.31. The van der Waals surface area contributed by atoms with Gasteiger partial charge in [0.2, 0.25) is 0 Å². The van der Waals surface area contributed by atoms with Crippen molar-refractivity contribution in [3.63, 3.8) is 0 Å². The second-order valence-corrected chi connectivity index (χ2v) is 6.17. The number of allylic oxidation sites excluding steroid dienone is 3. The van der Waals surface area contributed by atoms with Crippen LogP contribution in [0.2, 0.25) is 0 Å².